The summed E-state index contributed by atoms with van der Waals surface area (Å²) in [5.74, 6) is 0.558. The van der Waals surface area contributed by atoms with Crippen LogP contribution in [0, 0.1) is 0 Å². The third-order valence-electron chi connectivity index (χ3n) is 5.51. The van der Waals surface area contributed by atoms with Crippen molar-refractivity contribution in [2.45, 2.75) is 13.0 Å². The number of carbonyl (C=O) groups is 1. The van der Waals surface area contributed by atoms with Crippen molar-refractivity contribution in [3.8, 4) is 11.5 Å². The number of morpholine rings is 1. The molecule has 36 heavy (non-hydrogen) atoms. The number of nitrogens with one attached hydrogen (secondary N) is 1. The van der Waals surface area contributed by atoms with E-state index in [4.69, 9.17) is 26.8 Å². The lowest BCUT2D eigenvalue weighted by molar-refractivity contribution is -0.112. The van der Waals surface area contributed by atoms with Gasteiger partial charge in [-0.25, -0.2) is 9.99 Å². The molecule has 5 rings (SSSR count). The first-order valence-electron chi connectivity index (χ1n) is 11.1. The summed E-state index contributed by atoms with van der Waals surface area (Å²) >= 11 is 4.61. The van der Waals surface area contributed by atoms with Crippen molar-refractivity contribution >= 4 is 40.4 Å². The second-order valence-corrected chi connectivity index (χ2v) is 9.67. The lowest BCUT2D eigenvalue weighted by Crippen LogP contribution is -2.45. The van der Waals surface area contributed by atoms with Gasteiger partial charge >= 0.3 is 5.91 Å². The maximum Gasteiger partial charge on any atom is 0.309 e. The predicted molar refractivity (Wildman–Crippen MR) is 136 cm³/mol. The molecule has 1 unspecified atom stereocenters. The van der Waals surface area contributed by atoms with E-state index in [1.54, 1.807) is 35.7 Å². The number of aromatic nitrogens is 2. The normalized spacial score (nSPS) is 18.2. The Kier molecular flexibility index (Phi) is 6.99. The summed E-state index contributed by atoms with van der Waals surface area (Å²) in [6.07, 6.45) is 3.02. The smallest absolute Gasteiger partial charge is 0.309 e. The van der Waals surface area contributed by atoms with Crippen LogP contribution < -0.4 is 20.2 Å². The van der Waals surface area contributed by atoms with Crippen LogP contribution in [0.2, 0.25) is 5.02 Å². The number of anilines is 2. The van der Waals surface area contributed by atoms with E-state index >= 15 is 0 Å². The first kappa shape index (κ1) is 24.3. The number of ether oxygens (including phenoxy) is 2. The van der Waals surface area contributed by atoms with Crippen LogP contribution in [0.4, 0.5) is 11.5 Å². The number of benzene rings is 1. The van der Waals surface area contributed by atoms with E-state index in [9.17, 15) is 9.35 Å². The second-order valence-electron chi connectivity index (χ2n) is 8.04. The van der Waals surface area contributed by atoms with Gasteiger partial charge in [0.25, 0.3) is 4.91 Å². The summed E-state index contributed by atoms with van der Waals surface area (Å²) in [6.45, 7) is 2.92. The quantitative estimate of drug-likeness (QED) is 0.463. The van der Waals surface area contributed by atoms with Crippen LogP contribution in [0.1, 0.15) is 18.7 Å². The monoisotopic (exact) mass is 526 g/mol. The van der Waals surface area contributed by atoms with Crippen LogP contribution in [0.15, 0.2) is 71.5 Å². The van der Waals surface area contributed by atoms with Gasteiger partial charge in [0, 0.05) is 18.3 Å². The van der Waals surface area contributed by atoms with Crippen molar-refractivity contribution < 1.29 is 18.8 Å². The fourth-order valence-corrected chi connectivity index (χ4v) is 5.59. The van der Waals surface area contributed by atoms with Crippen LogP contribution in [0.25, 0.3) is 0 Å². The number of fused-ring (bicyclic) bond motifs is 1. The van der Waals surface area contributed by atoms with Crippen LogP contribution >= 0.6 is 11.6 Å². The molecule has 0 saturated carbocycles. The van der Waals surface area contributed by atoms with Gasteiger partial charge in [-0.05, 0) is 31.2 Å². The highest BCUT2D eigenvalue weighted by Crippen LogP contribution is 2.38. The zero-order valence-corrected chi connectivity index (χ0v) is 20.8. The van der Waals surface area contributed by atoms with Gasteiger partial charge in [0.1, 0.15) is 45.1 Å². The molecule has 0 radical (unpaired) electrons. The van der Waals surface area contributed by atoms with E-state index in [1.165, 1.54) is 6.20 Å². The van der Waals surface area contributed by atoms with E-state index in [1.807, 2.05) is 35.3 Å². The minimum Gasteiger partial charge on any atom is -0.586 e. The number of hydrogen-bond acceptors (Lipinski definition) is 9. The SMILES string of the molecule is C[C@H](N)c1nccc(Oc2ccc(NC(=O)C3=C4COCCN4N(c4ccccc4)[S+]3[O-])nc2)c1Cl. The molecular weight excluding hydrogens is 504 g/mol. The Balaban J connectivity index is 1.32. The van der Waals surface area contributed by atoms with Gasteiger partial charge in [0.2, 0.25) is 0 Å². The van der Waals surface area contributed by atoms with Crippen LogP contribution in [0.5, 0.6) is 11.5 Å². The van der Waals surface area contributed by atoms with Gasteiger partial charge in [0.05, 0.1) is 31.6 Å². The molecule has 12 heteroatoms. The van der Waals surface area contributed by atoms with E-state index < -0.39 is 17.3 Å². The highest BCUT2D eigenvalue weighted by atomic mass is 35.5. The van der Waals surface area contributed by atoms with Crippen molar-refractivity contribution in [1.82, 2.24) is 15.0 Å². The molecule has 2 atom stereocenters. The fourth-order valence-electron chi connectivity index (χ4n) is 3.84. The standard InChI is InChI=1S/C24H23ClN6O4S/c1-15(26)22-21(25)19(9-10-27-22)35-17-7-8-20(28-13-17)29-24(32)23-18-14-34-12-11-30(18)31(36(23)33)16-5-3-2-4-6-16/h2-10,13,15H,11-12,14,26H2,1H3,(H,28,29,32)/t15-,36?/m0/s1. The average Bonchev–Trinajstić information content (AvgIpc) is 3.18. The molecule has 4 heterocycles. The summed E-state index contributed by atoms with van der Waals surface area (Å²) < 4.78 is 26.4. The van der Waals surface area contributed by atoms with Gasteiger partial charge < -0.3 is 25.1 Å². The van der Waals surface area contributed by atoms with Crippen molar-refractivity contribution in [2.24, 2.45) is 5.73 Å². The van der Waals surface area contributed by atoms with Crippen molar-refractivity contribution in [1.29, 1.82) is 0 Å². The highest BCUT2D eigenvalue weighted by Gasteiger charge is 2.48. The molecule has 0 bridgehead atoms. The number of nitrogens with zero attached hydrogens (tertiary/aromatic N) is 4. The van der Waals surface area contributed by atoms with Gasteiger partial charge in [-0.1, -0.05) is 34.2 Å². The summed E-state index contributed by atoms with van der Waals surface area (Å²) in [5, 5.41) is 4.89. The fraction of sp³-hybridized carbons (Fsp3) is 0.208. The molecule has 1 fully saturated rings. The molecule has 1 saturated heterocycles. The largest absolute Gasteiger partial charge is 0.586 e. The summed E-state index contributed by atoms with van der Waals surface area (Å²) in [6, 6.07) is 13.8. The molecule has 2 aromatic heterocycles. The Morgan fingerprint density at radius 1 is 1.25 bits per heavy atom. The Morgan fingerprint density at radius 3 is 2.78 bits per heavy atom. The molecule has 3 aromatic rings. The molecule has 3 N–H and O–H groups in total. The summed E-state index contributed by atoms with van der Waals surface area (Å²) in [5.41, 5.74) is 7.71. The van der Waals surface area contributed by atoms with E-state index in [-0.39, 0.29) is 23.4 Å². The van der Waals surface area contributed by atoms with Crippen LogP contribution in [0.3, 0.4) is 0 Å². The molecule has 0 aliphatic carbocycles. The highest BCUT2D eigenvalue weighted by molar-refractivity contribution is 7.97. The summed E-state index contributed by atoms with van der Waals surface area (Å²) in [7, 11) is 0. The number of carbonyl (C=O) groups excluding carboxylic acids is 1. The minimum atomic E-state index is -1.75. The van der Waals surface area contributed by atoms with Gasteiger partial charge in [-0.2, -0.15) is 0 Å². The molecule has 10 nitrogen and oxygen atoms in total. The van der Waals surface area contributed by atoms with E-state index in [0.717, 1.165) is 5.69 Å². The Labute approximate surface area is 216 Å². The number of halogens is 1. The molecular formula is C24H23ClN6O4S. The number of amides is 1. The summed E-state index contributed by atoms with van der Waals surface area (Å²) in [4.78, 5) is 21.8. The van der Waals surface area contributed by atoms with E-state index in [0.29, 0.717) is 41.1 Å². The molecule has 186 valence electrons. The molecule has 1 aromatic carbocycles. The van der Waals surface area contributed by atoms with Crippen LogP contribution in [-0.4, -0.2) is 45.2 Å². The zero-order chi connectivity index (χ0) is 25.2. The molecule has 2 aliphatic rings. The van der Waals surface area contributed by atoms with Crippen molar-refractivity contribution in [3.05, 3.63) is 82.2 Å². The number of pyridine rings is 2. The van der Waals surface area contributed by atoms with Gasteiger partial charge in [-0.3, -0.25) is 9.78 Å². The predicted octanol–water partition coefficient (Wildman–Crippen LogP) is 3.52. The number of nitrogens with two attached hydrogens (primary N) is 1. The Morgan fingerprint density at radius 2 is 2.06 bits per heavy atom. The van der Waals surface area contributed by atoms with Gasteiger partial charge in [-0.15, -0.1) is 0 Å². The zero-order valence-electron chi connectivity index (χ0n) is 19.3. The topological polar surface area (TPSA) is 129 Å². The number of hydrazine groups is 1. The lowest BCUT2D eigenvalue weighted by atomic mass is 10.2. The number of rotatable bonds is 6. The van der Waals surface area contributed by atoms with Gasteiger partial charge in [0.15, 0.2) is 0 Å². The average molecular weight is 527 g/mol. The number of para-hydroxylation sites is 1. The minimum absolute atomic E-state index is 0.132. The first-order valence-corrected chi connectivity index (χ1v) is 12.6. The van der Waals surface area contributed by atoms with Crippen LogP contribution in [-0.2, 0) is 20.9 Å². The third kappa shape index (κ3) is 4.71. The molecule has 0 spiro atoms. The second kappa shape index (κ2) is 10.3. The van der Waals surface area contributed by atoms with Crippen molar-refractivity contribution in [2.75, 3.05) is 29.5 Å². The first-order chi connectivity index (χ1) is 17.4. The third-order valence-corrected chi connectivity index (χ3v) is 7.38. The lowest BCUT2D eigenvalue weighted by Gasteiger charge is -2.32. The maximum atomic E-state index is 13.4. The molecule has 2 aliphatic heterocycles. The number of hydrogen-bond donors (Lipinski definition) is 2. The Bertz CT molecular complexity index is 1290. The molecule has 1 amide bonds. The Hall–Kier alpha value is -3.35. The maximum absolute atomic E-state index is 13.4. The van der Waals surface area contributed by atoms with E-state index in [2.05, 4.69) is 15.3 Å². The van der Waals surface area contributed by atoms with Crippen molar-refractivity contribution in [3.63, 3.8) is 0 Å².